The van der Waals surface area contributed by atoms with Gasteiger partial charge < -0.3 is 5.32 Å². The molecule has 1 atom stereocenters. The number of benzene rings is 1. The van der Waals surface area contributed by atoms with Crippen LogP contribution in [0.2, 0.25) is 0 Å². The van der Waals surface area contributed by atoms with Crippen LogP contribution in [0.5, 0.6) is 0 Å². The van der Waals surface area contributed by atoms with Gasteiger partial charge in [0.25, 0.3) is 0 Å². The van der Waals surface area contributed by atoms with Gasteiger partial charge in [0.15, 0.2) is 0 Å². The van der Waals surface area contributed by atoms with Crippen molar-refractivity contribution in [3.63, 3.8) is 0 Å². The molecule has 1 aromatic rings. The van der Waals surface area contributed by atoms with E-state index >= 15 is 0 Å². The summed E-state index contributed by atoms with van der Waals surface area (Å²) in [7, 11) is 0. The number of nitrogens with zero attached hydrogens (tertiary/aromatic N) is 2. The van der Waals surface area contributed by atoms with Gasteiger partial charge in [0.1, 0.15) is 0 Å². The molecule has 4 heteroatoms. The van der Waals surface area contributed by atoms with Crippen LogP contribution >= 0.6 is 15.9 Å². The largest absolute Gasteiger partial charge is 0.383 e. The summed E-state index contributed by atoms with van der Waals surface area (Å²) in [5.41, 5.74) is 1.75. The number of anilines is 1. The molecule has 1 N–H and O–H groups in total. The molecular formula is C14H18BrN3. The molecule has 1 aliphatic heterocycles. The summed E-state index contributed by atoms with van der Waals surface area (Å²) < 4.78 is 0.961. The number of halogens is 1. The van der Waals surface area contributed by atoms with Crippen LogP contribution in [0.25, 0.3) is 0 Å². The van der Waals surface area contributed by atoms with Crippen molar-refractivity contribution in [1.82, 2.24) is 4.90 Å². The Morgan fingerprint density at radius 1 is 1.56 bits per heavy atom. The van der Waals surface area contributed by atoms with Gasteiger partial charge in [0.2, 0.25) is 0 Å². The van der Waals surface area contributed by atoms with Gasteiger partial charge in [-0.05, 0) is 60.1 Å². The van der Waals surface area contributed by atoms with Gasteiger partial charge in [-0.3, -0.25) is 4.90 Å². The summed E-state index contributed by atoms with van der Waals surface area (Å²) in [6.45, 7) is 5.53. The number of nitriles is 1. The Bertz CT molecular complexity index is 453. The fourth-order valence-corrected chi connectivity index (χ4v) is 3.02. The molecule has 1 heterocycles. The lowest BCUT2D eigenvalue weighted by atomic mass is 10.2. The molecule has 1 saturated heterocycles. The van der Waals surface area contributed by atoms with Gasteiger partial charge in [-0.2, -0.15) is 5.26 Å². The second kappa shape index (κ2) is 6.21. The summed E-state index contributed by atoms with van der Waals surface area (Å²) in [5.74, 6) is 0. The molecule has 0 bridgehead atoms. The van der Waals surface area contributed by atoms with Crippen molar-refractivity contribution in [3.8, 4) is 6.07 Å². The Morgan fingerprint density at radius 3 is 3.06 bits per heavy atom. The van der Waals surface area contributed by atoms with E-state index in [2.05, 4.69) is 39.1 Å². The normalized spacial score (nSPS) is 19.7. The number of likely N-dealkylation sites (N-methyl/N-ethyl adjacent to an activating group) is 1. The van der Waals surface area contributed by atoms with E-state index in [-0.39, 0.29) is 0 Å². The summed E-state index contributed by atoms with van der Waals surface area (Å²) >= 11 is 3.50. The Morgan fingerprint density at radius 2 is 2.39 bits per heavy atom. The first-order chi connectivity index (χ1) is 8.74. The van der Waals surface area contributed by atoms with Crippen LogP contribution in [0.1, 0.15) is 25.3 Å². The lowest BCUT2D eigenvalue weighted by Crippen LogP contribution is -2.34. The SMILES string of the molecule is CCN1CCCC1CNc1ccc(C#N)cc1Br. The van der Waals surface area contributed by atoms with E-state index in [1.54, 1.807) is 0 Å². The minimum Gasteiger partial charge on any atom is -0.383 e. The zero-order valence-corrected chi connectivity index (χ0v) is 12.2. The van der Waals surface area contributed by atoms with E-state index in [1.165, 1.54) is 19.4 Å². The van der Waals surface area contributed by atoms with Crippen molar-refractivity contribution in [2.24, 2.45) is 0 Å². The molecule has 0 amide bonds. The predicted molar refractivity (Wildman–Crippen MR) is 77.6 cm³/mol. The van der Waals surface area contributed by atoms with Gasteiger partial charge in [-0.15, -0.1) is 0 Å². The van der Waals surface area contributed by atoms with Crippen LogP contribution in [0.15, 0.2) is 22.7 Å². The lowest BCUT2D eigenvalue weighted by molar-refractivity contribution is 0.277. The molecule has 0 saturated carbocycles. The molecule has 18 heavy (non-hydrogen) atoms. The highest BCUT2D eigenvalue weighted by atomic mass is 79.9. The van der Waals surface area contributed by atoms with Crippen LogP contribution < -0.4 is 5.32 Å². The summed E-state index contributed by atoms with van der Waals surface area (Å²) in [5, 5.41) is 12.3. The third kappa shape index (κ3) is 3.04. The number of nitrogens with one attached hydrogen (secondary N) is 1. The van der Waals surface area contributed by atoms with Crippen molar-refractivity contribution in [2.75, 3.05) is 25.0 Å². The van der Waals surface area contributed by atoms with Gasteiger partial charge >= 0.3 is 0 Å². The smallest absolute Gasteiger partial charge is 0.0992 e. The topological polar surface area (TPSA) is 39.1 Å². The van der Waals surface area contributed by atoms with E-state index in [0.717, 1.165) is 23.2 Å². The highest BCUT2D eigenvalue weighted by molar-refractivity contribution is 9.10. The van der Waals surface area contributed by atoms with Crippen LogP contribution in [-0.4, -0.2) is 30.6 Å². The number of likely N-dealkylation sites (tertiary alicyclic amines) is 1. The zero-order chi connectivity index (χ0) is 13.0. The molecule has 0 spiro atoms. The molecule has 1 fully saturated rings. The number of hydrogen-bond donors (Lipinski definition) is 1. The lowest BCUT2D eigenvalue weighted by Gasteiger charge is -2.23. The minimum atomic E-state index is 0.637. The Labute approximate surface area is 117 Å². The second-order valence-corrected chi connectivity index (χ2v) is 5.47. The van der Waals surface area contributed by atoms with Crippen LogP contribution in [0.3, 0.4) is 0 Å². The van der Waals surface area contributed by atoms with Crippen molar-refractivity contribution in [3.05, 3.63) is 28.2 Å². The molecule has 0 aromatic heterocycles. The molecular weight excluding hydrogens is 290 g/mol. The maximum Gasteiger partial charge on any atom is 0.0992 e. The minimum absolute atomic E-state index is 0.637. The molecule has 0 radical (unpaired) electrons. The van der Waals surface area contributed by atoms with Gasteiger partial charge in [-0.1, -0.05) is 6.92 Å². The zero-order valence-electron chi connectivity index (χ0n) is 10.6. The third-order valence-corrected chi connectivity index (χ3v) is 4.19. The average Bonchev–Trinajstić information content (AvgIpc) is 2.84. The highest BCUT2D eigenvalue weighted by Gasteiger charge is 2.22. The fourth-order valence-electron chi connectivity index (χ4n) is 2.50. The van der Waals surface area contributed by atoms with Crippen LogP contribution in [-0.2, 0) is 0 Å². The number of hydrogen-bond acceptors (Lipinski definition) is 3. The first-order valence-corrected chi connectivity index (χ1v) is 7.21. The van der Waals surface area contributed by atoms with Crippen LogP contribution in [0.4, 0.5) is 5.69 Å². The maximum atomic E-state index is 8.82. The quantitative estimate of drug-likeness (QED) is 0.928. The summed E-state index contributed by atoms with van der Waals surface area (Å²) in [6, 6.07) is 8.45. The molecule has 2 rings (SSSR count). The Balaban J connectivity index is 1.96. The average molecular weight is 308 g/mol. The first-order valence-electron chi connectivity index (χ1n) is 6.42. The fraction of sp³-hybridized carbons (Fsp3) is 0.500. The van der Waals surface area contributed by atoms with Crippen molar-refractivity contribution in [2.45, 2.75) is 25.8 Å². The maximum absolute atomic E-state index is 8.82. The molecule has 1 aliphatic rings. The first kappa shape index (κ1) is 13.4. The van der Waals surface area contributed by atoms with E-state index in [0.29, 0.717) is 11.6 Å². The predicted octanol–water partition coefficient (Wildman–Crippen LogP) is 3.22. The van der Waals surface area contributed by atoms with Gasteiger partial charge in [0.05, 0.1) is 11.6 Å². The van der Waals surface area contributed by atoms with Crippen molar-refractivity contribution >= 4 is 21.6 Å². The number of rotatable bonds is 4. The highest BCUT2D eigenvalue weighted by Crippen LogP contribution is 2.24. The van der Waals surface area contributed by atoms with E-state index in [4.69, 9.17) is 5.26 Å². The van der Waals surface area contributed by atoms with E-state index in [1.807, 2.05) is 18.2 Å². The standard InChI is InChI=1S/C14H18BrN3/c1-2-18-7-3-4-12(18)10-17-14-6-5-11(9-16)8-13(14)15/h5-6,8,12,17H,2-4,7,10H2,1H3. The molecule has 0 aliphatic carbocycles. The monoisotopic (exact) mass is 307 g/mol. The second-order valence-electron chi connectivity index (χ2n) is 4.61. The molecule has 1 aromatic carbocycles. The summed E-state index contributed by atoms with van der Waals surface area (Å²) in [6.07, 6.45) is 2.57. The third-order valence-electron chi connectivity index (χ3n) is 3.53. The Kier molecular flexibility index (Phi) is 4.62. The summed E-state index contributed by atoms with van der Waals surface area (Å²) in [4.78, 5) is 2.52. The molecule has 1 unspecified atom stereocenters. The van der Waals surface area contributed by atoms with Crippen molar-refractivity contribution < 1.29 is 0 Å². The van der Waals surface area contributed by atoms with Gasteiger partial charge in [-0.25, -0.2) is 0 Å². The van der Waals surface area contributed by atoms with Gasteiger partial charge in [0, 0.05) is 22.7 Å². The molecule has 3 nitrogen and oxygen atoms in total. The van der Waals surface area contributed by atoms with Crippen molar-refractivity contribution in [1.29, 1.82) is 5.26 Å². The van der Waals surface area contributed by atoms with E-state index < -0.39 is 0 Å². The van der Waals surface area contributed by atoms with E-state index in [9.17, 15) is 0 Å². The molecule has 96 valence electrons. The van der Waals surface area contributed by atoms with Crippen LogP contribution in [0, 0.1) is 11.3 Å². The Hall–Kier alpha value is -1.05.